The van der Waals surface area contributed by atoms with Crippen LogP contribution in [0, 0.1) is 6.92 Å². The van der Waals surface area contributed by atoms with Gasteiger partial charge in [0.05, 0.1) is 17.6 Å². The molecular formula is C23H25N3O2S. The van der Waals surface area contributed by atoms with Crippen LogP contribution in [-0.4, -0.2) is 32.9 Å². The van der Waals surface area contributed by atoms with Crippen LogP contribution in [0.5, 0.6) is 0 Å². The maximum Gasteiger partial charge on any atom is 0.222 e. The van der Waals surface area contributed by atoms with Crippen molar-refractivity contribution in [3.8, 4) is 0 Å². The van der Waals surface area contributed by atoms with Crippen LogP contribution in [-0.2, 0) is 16.1 Å². The van der Waals surface area contributed by atoms with Crippen LogP contribution in [0.1, 0.15) is 48.6 Å². The summed E-state index contributed by atoms with van der Waals surface area (Å²) in [5, 5.41) is 0.222. The van der Waals surface area contributed by atoms with Crippen LogP contribution in [0.25, 0.3) is 11.0 Å². The van der Waals surface area contributed by atoms with E-state index in [1.165, 1.54) is 22.9 Å². The van der Waals surface area contributed by atoms with Crippen molar-refractivity contribution in [1.29, 1.82) is 0 Å². The number of nitrogens with zero attached hydrogens (tertiary/aromatic N) is 2. The third-order valence-corrected chi connectivity index (χ3v) is 6.42. The van der Waals surface area contributed by atoms with E-state index < -0.39 is 0 Å². The first-order valence-corrected chi connectivity index (χ1v) is 10.8. The molecule has 0 aliphatic carbocycles. The lowest BCUT2D eigenvalue weighted by atomic mass is 9.89. The van der Waals surface area contributed by atoms with Crippen molar-refractivity contribution in [2.75, 3.05) is 7.05 Å². The van der Waals surface area contributed by atoms with Crippen molar-refractivity contribution in [3.05, 3.63) is 59.4 Å². The Morgan fingerprint density at radius 3 is 2.93 bits per heavy atom. The topological polar surface area (TPSA) is 66.1 Å². The fourth-order valence-corrected chi connectivity index (χ4v) is 4.91. The zero-order valence-corrected chi connectivity index (χ0v) is 17.6. The zero-order chi connectivity index (χ0) is 20.4. The predicted octanol–water partition coefficient (Wildman–Crippen LogP) is 4.81. The number of hydrogen-bond acceptors (Lipinski definition) is 4. The highest BCUT2D eigenvalue weighted by Crippen LogP contribution is 2.41. The highest BCUT2D eigenvalue weighted by molar-refractivity contribution is 8.13. The quantitative estimate of drug-likeness (QED) is 0.637. The first-order valence-electron chi connectivity index (χ1n) is 9.98. The average molecular weight is 408 g/mol. The largest absolute Gasteiger partial charge is 0.340 e. The van der Waals surface area contributed by atoms with Gasteiger partial charge in [0.1, 0.15) is 5.82 Å². The molecule has 0 spiro atoms. The summed E-state index contributed by atoms with van der Waals surface area (Å²) < 4.78 is 0. The standard InChI is InChI=1S/C23H25N3O2S/c1-15-10-11-20-17(12-15)16(13-23(28)29-20)6-5-9-22(27)26(2)14-21-24-18-7-3-4-8-19(18)25-21/h3-4,7-8,10-12,16H,5-6,9,13-14H2,1-2H3,(H,24,25). The molecule has 0 fully saturated rings. The normalized spacial score (nSPS) is 16.1. The Labute approximate surface area is 174 Å². The molecule has 1 aliphatic rings. The Balaban J connectivity index is 1.33. The molecule has 5 nitrogen and oxygen atoms in total. The minimum atomic E-state index is 0.103. The number of aromatic nitrogens is 2. The summed E-state index contributed by atoms with van der Waals surface area (Å²) in [6.07, 6.45) is 2.67. The molecule has 150 valence electrons. The van der Waals surface area contributed by atoms with E-state index in [1.54, 1.807) is 4.90 Å². The number of nitrogens with one attached hydrogen (secondary N) is 1. The highest BCUT2D eigenvalue weighted by Gasteiger charge is 2.26. The van der Waals surface area contributed by atoms with E-state index in [-0.39, 0.29) is 16.9 Å². The Morgan fingerprint density at radius 2 is 2.10 bits per heavy atom. The number of rotatable bonds is 6. The van der Waals surface area contributed by atoms with Crippen molar-refractivity contribution in [1.82, 2.24) is 14.9 Å². The number of benzene rings is 2. The number of para-hydroxylation sites is 2. The number of aromatic amines is 1. The number of fused-ring (bicyclic) bond motifs is 2. The van der Waals surface area contributed by atoms with Gasteiger partial charge in [-0.15, -0.1) is 0 Å². The van der Waals surface area contributed by atoms with Crippen LogP contribution in [0.3, 0.4) is 0 Å². The minimum absolute atomic E-state index is 0.103. The lowest BCUT2D eigenvalue weighted by molar-refractivity contribution is -0.130. The number of amides is 1. The Bertz CT molecular complexity index is 1030. The number of aryl methyl sites for hydroxylation is 1. The summed E-state index contributed by atoms with van der Waals surface area (Å²) >= 11 is 1.35. The molecule has 1 unspecified atom stereocenters. The molecule has 1 aliphatic heterocycles. The smallest absolute Gasteiger partial charge is 0.222 e. The maximum atomic E-state index is 12.6. The van der Waals surface area contributed by atoms with Crippen LogP contribution in [0.4, 0.5) is 0 Å². The number of imidazole rings is 1. The van der Waals surface area contributed by atoms with Crippen molar-refractivity contribution < 1.29 is 9.59 Å². The van der Waals surface area contributed by atoms with Gasteiger partial charge in [0, 0.05) is 24.8 Å². The van der Waals surface area contributed by atoms with Crippen LogP contribution in [0.15, 0.2) is 47.4 Å². The fraction of sp³-hybridized carbons (Fsp3) is 0.348. The number of carbonyl (C=O) groups excluding carboxylic acids is 2. The third-order valence-electron chi connectivity index (χ3n) is 5.44. The first-order chi connectivity index (χ1) is 14.0. The van der Waals surface area contributed by atoms with Gasteiger partial charge in [0.2, 0.25) is 5.91 Å². The molecule has 1 aromatic heterocycles. The van der Waals surface area contributed by atoms with Crippen LogP contribution < -0.4 is 0 Å². The van der Waals surface area contributed by atoms with E-state index in [2.05, 4.69) is 29.0 Å². The molecule has 29 heavy (non-hydrogen) atoms. The molecule has 1 N–H and O–H groups in total. The predicted molar refractivity (Wildman–Crippen MR) is 116 cm³/mol. The lowest BCUT2D eigenvalue weighted by Crippen LogP contribution is -2.26. The molecule has 1 amide bonds. The van der Waals surface area contributed by atoms with Crippen molar-refractivity contribution in [3.63, 3.8) is 0 Å². The molecular weight excluding hydrogens is 382 g/mol. The number of carbonyl (C=O) groups is 2. The second-order valence-electron chi connectivity index (χ2n) is 7.76. The molecule has 1 atom stereocenters. The minimum Gasteiger partial charge on any atom is -0.340 e. The molecule has 3 aromatic rings. The molecule has 4 rings (SSSR count). The van der Waals surface area contributed by atoms with Gasteiger partial charge >= 0.3 is 0 Å². The van der Waals surface area contributed by atoms with E-state index in [1.807, 2.05) is 37.4 Å². The van der Waals surface area contributed by atoms with Gasteiger partial charge in [0.15, 0.2) is 5.12 Å². The number of hydrogen-bond donors (Lipinski definition) is 1. The Hall–Kier alpha value is -2.60. The summed E-state index contributed by atoms with van der Waals surface area (Å²) in [5.41, 5.74) is 4.37. The monoisotopic (exact) mass is 407 g/mol. The van der Waals surface area contributed by atoms with E-state index in [9.17, 15) is 9.59 Å². The van der Waals surface area contributed by atoms with Gasteiger partial charge in [0.25, 0.3) is 0 Å². The Kier molecular flexibility index (Phi) is 5.72. The Morgan fingerprint density at radius 1 is 1.28 bits per heavy atom. The molecule has 0 saturated carbocycles. The van der Waals surface area contributed by atoms with Crippen LogP contribution >= 0.6 is 11.8 Å². The van der Waals surface area contributed by atoms with E-state index in [4.69, 9.17) is 0 Å². The van der Waals surface area contributed by atoms with E-state index in [0.29, 0.717) is 19.4 Å². The second-order valence-corrected chi connectivity index (χ2v) is 8.86. The molecule has 0 radical (unpaired) electrons. The van der Waals surface area contributed by atoms with Crippen molar-refractivity contribution in [2.24, 2.45) is 0 Å². The van der Waals surface area contributed by atoms with Gasteiger partial charge in [-0.05, 0) is 49.4 Å². The average Bonchev–Trinajstić information content (AvgIpc) is 3.10. The van der Waals surface area contributed by atoms with Gasteiger partial charge in [-0.3, -0.25) is 9.59 Å². The van der Waals surface area contributed by atoms with Gasteiger partial charge in [-0.1, -0.05) is 41.6 Å². The highest BCUT2D eigenvalue weighted by atomic mass is 32.2. The molecule has 2 aromatic carbocycles. The number of H-pyrrole nitrogens is 1. The first kappa shape index (κ1) is 19.7. The molecule has 0 saturated heterocycles. The third kappa shape index (κ3) is 4.53. The lowest BCUT2D eigenvalue weighted by Gasteiger charge is -2.24. The fourth-order valence-electron chi connectivity index (χ4n) is 3.90. The van der Waals surface area contributed by atoms with Crippen molar-refractivity contribution in [2.45, 2.75) is 50.0 Å². The van der Waals surface area contributed by atoms with Crippen LogP contribution in [0.2, 0.25) is 0 Å². The summed E-state index contributed by atoms with van der Waals surface area (Å²) in [7, 11) is 1.81. The SMILES string of the molecule is Cc1ccc2c(c1)C(CCCC(=O)N(C)Cc1nc3ccccc3[nH]1)CC(=O)S2. The summed E-state index contributed by atoms with van der Waals surface area (Å²) in [6.45, 7) is 2.54. The summed E-state index contributed by atoms with van der Waals surface area (Å²) in [5.74, 6) is 1.11. The summed E-state index contributed by atoms with van der Waals surface area (Å²) in [4.78, 5) is 35.3. The second kappa shape index (κ2) is 8.41. The van der Waals surface area contributed by atoms with Crippen molar-refractivity contribution >= 4 is 33.8 Å². The van der Waals surface area contributed by atoms with Gasteiger partial charge in [-0.25, -0.2) is 4.98 Å². The maximum absolute atomic E-state index is 12.6. The summed E-state index contributed by atoms with van der Waals surface area (Å²) in [6, 6.07) is 14.2. The zero-order valence-electron chi connectivity index (χ0n) is 16.8. The molecule has 0 bridgehead atoms. The molecule has 6 heteroatoms. The molecule has 2 heterocycles. The van der Waals surface area contributed by atoms with Gasteiger partial charge in [-0.2, -0.15) is 0 Å². The van der Waals surface area contributed by atoms with Gasteiger partial charge < -0.3 is 9.88 Å². The van der Waals surface area contributed by atoms with E-state index >= 15 is 0 Å². The van der Waals surface area contributed by atoms with E-state index in [0.717, 1.165) is 34.6 Å². The number of thioether (sulfide) groups is 1.